The standard InChI is InChI=1S/C21H19N3O3S2/c1-24(20(25)17-11-28-12-23-17)15-4-2-14(3-5-15)18-10-16(19(29-18)21(26)27)13-6-8-22-9-7-13/h2-6,8,10-13,22H,7,9H2,1H3,(H,26,27). The average Bonchev–Trinajstić information content (AvgIpc) is 3.44. The van der Waals surface area contributed by atoms with Gasteiger partial charge < -0.3 is 15.3 Å². The van der Waals surface area contributed by atoms with E-state index in [2.05, 4.69) is 10.3 Å². The molecule has 0 fully saturated rings. The Hall–Kier alpha value is -2.97. The van der Waals surface area contributed by atoms with Gasteiger partial charge in [0.25, 0.3) is 5.91 Å². The van der Waals surface area contributed by atoms with Crippen molar-refractivity contribution in [1.29, 1.82) is 0 Å². The van der Waals surface area contributed by atoms with Crippen molar-refractivity contribution in [3.8, 4) is 10.4 Å². The van der Waals surface area contributed by atoms with Crippen molar-refractivity contribution in [1.82, 2.24) is 10.3 Å². The van der Waals surface area contributed by atoms with Crippen molar-refractivity contribution in [2.75, 3.05) is 18.5 Å². The Kier molecular flexibility index (Phi) is 5.46. The lowest BCUT2D eigenvalue weighted by atomic mass is 9.93. The van der Waals surface area contributed by atoms with Crippen LogP contribution >= 0.6 is 22.7 Å². The summed E-state index contributed by atoms with van der Waals surface area (Å²) in [5, 5.41) is 14.5. The number of benzene rings is 1. The Morgan fingerprint density at radius 1 is 1.28 bits per heavy atom. The maximum atomic E-state index is 12.5. The summed E-state index contributed by atoms with van der Waals surface area (Å²) in [6.45, 7) is 0.833. The summed E-state index contributed by atoms with van der Waals surface area (Å²) >= 11 is 2.67. The summed E-state index contributed by atoms with van der Waals surface area (Å²) < 4.78 is 0. The number of hydrogen-bond donors (Lipinski definition) is 2. The number of aromatic carboxylic acids is 1. The molecule has 8 heteroatoms. The highest BCUT2D eigenvalue weighted by atomic mass is 32.1. The van der Waals surface area contributed by atoms with Crippen LogP contribution in [0.1, 0.15) is 38.1 Å². The second-order valence-corrected chi connectivity index (χ2v) is 8.46. The first-order chi connectivity index (χ1) is 14.0. The summed E-state index contributed by atoms with van der Waals surface area (Å²) in [7, 11) is 1.71. The second-order valence-electron chi connectivity index (χ2n) is 6.69. The molecule has 2 N–H and O–H groups in total. The largest absolute Gasteiger partial charge is 0.477 e. The number of carbonyl (C=O) groups is 2. The third-order valence-electron chi connectivity index (χ3n) is 4.90. The molecule has 1 unspecified atom stereocenters. The molecule has 0 bridgehead atoms. The van der Waals surface area contributed by atoms with Crippen LogP contribution in [0.25, 0.3) is 10.4 Å². The van der Waals surface area contributed by atoms with Crippen LogP contribution in [0.5, 0.6) is 0 Å². The molecule has 29 heavy (non-hydrogen) atoms. The fraction of sp³-hybridized carbons (Fsp3) is 0.190. The average molecular weight is 426 g/mol. The molecule has 0 radical (unpaired) electrons. The molecular weight excluding hydrogens is 406 g/mol. The highest BCUT2D eigenvalue weighted by Gasteiger charge is 2.23. The number of allylic oxidation sites excluding steroid dienone is 1. The van der Waals surface area contributed by atoms with E-state index in [4.69, 9.17) is 0 Å². The van der Waals surface area contributed by atoms with Crippen LogP contribution in [0.3, 0.4) is 0 Å². The van der Waals surface area contributed by atoms with Crippen molar-refractivity contribution < 1.29 is 14.7 Å². The van der Waals surface area contributed by atoms with E-state index in [0.717, 1.165) is 34.7 Å². The van der Waals surface area contributed by atoms with Crippen LogP contribution in [0, 0.1) is 0 Å². The predicted molar refractivity (Wildman–Crippen MR) is 116 cm³/mol. The van der Waals surface area contributed by atoms with Gasteiger partial charge in [-0.05, 0) is 41.9 Å². The van der Waals surface area contributed by atoms with Crippen LogP contribution in [0.4, 0.5) is 5.69 Å². The summed E-state index contributed by atoms with van der Waals surface area (Å²) in [6, 6.07) is 9.54. The molecule has 0 saturated carbocycles. The number of rotatable bonds is 5. The van der Waals surface area contributed by atoms with Crippen molar-refractivity contribution in [2.45, 2.75) is 12.3 Å². The topological polar surface area (TPSA) is 82.5 Å². The highest BCUT2D eigenvalue weighted by molar-refractivity contribution is 7.17. The Morgan fingerprint density at radius 3 is 2.69 bits per heavy atom. The molecular formula is C21H19N3O3S2. The lowest BCUT2D eigenvalue weighted by Gasteiger charge is -2.17. The molecule has 3 aromatic rings. The van der Waals surface area contributed by atoms with Gasteiger partial charge >= 0.3 is 5.97 Å². The monoisotopic (exact) mass is 425 g/mol. The van der Waals surface area contributed by atoms with Crippen molar-refractivity contribution in [2.24, 2.45) is 0 Å². The zero-order valence-corrected chi connectivity index (χ0v) is 17.3. The van der Waals surface area contributed by atoms with Crippen molar-refractivity contribution in [3.05, 3.63) is 69.6 Å². The lowest BCUT2D eigenvalue weighted by molar-refractivity contribution is 0.0700. The molecule has 3 heterocycles. The minimum Gasteiger partial charge on any atom is -0.477 e. The van der Waals surface area contributed by atoms with E-state index in [9.17, 15) is 14.7 Å². The van der Waals surface area contributed by atoms with Gasteiger partial charge in [-0.2, -0.15) is 0 Å². The molecule has 0 saturated heterocycles. The van der Waals surface area contributed by atoms with E-state index in [1.165, 1.54) is 22.7 Å². The SMILES string of the molecule is CN(C(=O)c1cscn1)c1ccc(-c2cc(C3C=CNCC3)c(C(=O)O)s2)cc1. The van der Waals surface area contributed by atoms with Gasteiger partial charge in [-0.1, -0.05) is 18.2 Å². The fourth-order valence-electron chi connectivity index (χ4n) is 3.31. The summed E-state index contributed by atoms with van der Waals surface area (Å²) in [6.07, 6.45) is 4.78. The van der Waals surface area contributed by atoms with Crippen LogP contribution in [-0.4, -0.2) is 35.6 Å². The first kappa shape index (κ1) is 19.4. The molecule has 4 rings (SSSR count). The minimum atomic E-state index is -0.895. The minimum absolute atomic E-state index is 0.105. The van der Waals surface area contributed by atoms with Gasteiger partial charge in [-0.3, -0.25) is 4.79 Å². The van der Waals surface area contributed by atoms with E-state index < -0.39 is 5.97 Å². The van der Waals surface area contributed by atoms with E-state index in [1.54, 1.807) is 22.8 Å². The number of carbonyl (C=O) groups excluding carboxylic acids is 1. The van der Waals surface area contributed by atoms with Crippen LogP contribution in [0.2, 0.25) is 0 Å². The summed E-state index contributed by atoms with van der Waals surface area (Å²) in [4.78, 5) is 31.1. The number of amides is 1. The van der Waals surface area contributed by atoms with E-state index in [0.29, 0.717) is 10.6 Å². The molecule has 1 aliphatic heterocycles. The Bertz CT molecular complexity index is 1060. The fourth-order valence-corrected chi connectivity index (χ4v) is 4.91. The molecule has 148 valence electrons. The number of thiazole rings is 1. The summed E-state index contributed by atoms with van der Waals surface area (Å²) in [5.74, 6) is -0.954. The lowest BCUT2D eigenvalue weighted by Crippen LogP contribution is -2.26. The number of aromatic nitrogens is 1. The first-order valence-corrected chi connectivity index (χ1v) is 10.8. The van der Waals surface area contributed by atoms with Crippen molar-refractivity contribution in [3.63, 3.8) is 0 Å². The van der Waals surface area contributed by atoms with E-state index >= 15 is 0 Å². The zero-order valence-electron chi connectivity index (χ0n) is 15.7. The van der Waals surface area contributed by atoms with Crippen molar-refractivity contribution >= 4 is 40.2 Å². The number of nitrogens with zero attached hydrogens (tertiary/aromatic N) is 2. The van der Waals surface area contributed by atoms with Gasteiger partial charge in [-0.25, -0.2) is 9.78 Å². The number of carboxylic acids is 1. The van der Waals surface area contributed by atoms with Crippen LogP contribution < -0.4 is 10.2 Å². The predicted octanol–water partition coefficient (Wildman–Crippen LogP) is 4.44. The number of nitrogens with one attached hydrogen (secondary N) is 1. The van der Waals surface area contributed by atoms with E-state index in [-0.39, 0.29) is 11.8 Å². The molecule has 2 aromatic heterocycles. The van der Waals surface area contributed by atoms with Crippen LogP contribution in [0.15, 0.2) is 53.5 Å². The Morgan fingerprint density at radius 2 is 2.07 bits per heavy atom. The number of thiophene rings is 1. The number of carboxylic acid groups (broad SMARTS) is 1. The normalized spacial score (nSPS) is 15.7. The third kappa shape index (κ3) is 3.94. The molecule has 0 aliphatic carbocycles. The van der Waals surface area contributed by atoms with Gasteiger partial charge in [0.1, 0.15) is 10.6 Å². The molecule has 6 nitrogen and oxygen atoms in total. The second kappa shape index (κ2) is 8.18. The van der Waals surface area contributed by atoms with Gasteiger partial charge in [-0.15, -0.1) is 22.7 Å². The Labute approximate surface area is 176 Å². The molecule has 1 atom stereocenters. The molecule has 1 amide bonds. The van der Waals surface area contributed by atoms with E-state index in [1.807, 2.05) is 42.6 Å². The van der Waals surface area contributed by atoms with Crippen LogP contribution in [-0.2, 0) is 0 Å². The smallest absolute Gasteiger partial charge is 0.346 e. The summed E-state index contributed by atoms with van der Waals surface area (Å²) in [5.41, 5.74) is 4.60. The molecule has 0 spiro atoms. The van der Waals surface area contributed by atoms with Gasteiger partial charge in [0.15, 0.2) is 0 Å². The van der Waals surface area contributed by atoms with Gasteiger partial charge in [0.2, 0.25) is 0 Å². The quantitative estimate of drug-likeness (QED) is 0.632. The van der Waals surface area contributed by atoms with Gasteiger partial charge in [0.05, 0.1) is 5.51 Å². The molecule has 1 aliphatic rings. The Balaban J connectivity index is 1.60. The maximum absolute atomic E-state index is 12.5. The molecule has 1 aromatic carbocycles. The maximum Gasteiger partial charge on any atom is 0.346 e. The first-order valence-electron chi connectivity index (χ1n) is 9.08. The van der Waals surface area contributed by atoms with Gasteiger partial charge in [0, 0.05) is 35.5 Å². The number of hydrogen-bond acceptors (Lipinski definition) is 6. The third-order valence-corrected chi connectivity index (χ3v) is 6.67. The zero-order chi connectivity index (χ0) is 20.4. The highest BCUT2D eigenvalue weighted by Crippen LogP contribution is 2.38. The number of anilines is 1.